The number of aryl methyl sites for hydroxylation is 1. The molecular weight excluding hydrogens is 314 g/mol. The van der Waals surface area contributed by atoms with Crippen molar-refractivity contribution in [3.8, 4) is 5.88 Å². The first-order valence-electron chi connectivity index (χ1n) is 5.33. The van der Waals surface area contributed by atoms with Crippen molar-refractivity contribution in [2.24, 2.45) is 0 Å². The number of H-pyrrole nitrogens is 1. The Morgan fingerprint density at radius 2 is 2.16 bits per heavy atom. The van der Waals surface area contributed by atoms with Crippen molar-refractivity contribution in [3.63, 3.8) is 0 Å². The molecule has 0 spiro atoms. The Morgan fingerprint density at radius 3 is 2.79 bits per heavy atom. The van der Waals surface area contributed by atoms with Gasteiger partial charge in [0.1, 0.15) is 4.60 Å². The first-order valence-corrected chi connectivity index (χ1v) is 6.13. The second-order valence-corrected chi connectivity index (χ2v) is 4.65. The van der Waals surface area contributed by atoms with E-state index in [1.807, 2.05) is 0 Å². The fraction of sp³-hybridized carbons (Fsp3) is 0.0833. The zero-order valence-electron chi connectivity index (χ0n) is 9.90. The summed E-state index contributed by atoms with van der Waals surface area (Å²) < 4.78 is 0.664. The van der Waals surface area contributed by atoms with Crippen LogP contribution in [0.15, 0.2) is 33.7 Å². The largest absolute Gasteiger partial charge is 0.494 e. The van der Waals surface area contributed by atoms with E-state index in [0.29, 0.717) is 16.0 Å². The van der Waals surface area contributed by atoms with Gasteiger partial charge < -0.3 is 10.4 Å². The third-order valence-electron chi connectivity index (χ3n) is 2.39. The zero-order valence-corrected chi connectivity index (χ0v) is 11.5. The lowest BCUT2D eigenvalue weighted by molar-refractivity contribution is 0.102. The molecule has 7 heteroatoms. The number of amides is 1. The number of halogens is 1. The Hall–Kier alpha value is -2.15. The summed E-state index contributed by atoms with van der Waals surface area (Å²) in [5, 5.41) is 11.9. The topological polar surface area (TPSA) is 95.1 Å². The van der Waals surface area contributed by atoms with Crippen LogP contribution in [-0.2, 0) is 0 Å². The van der Waals surface area contributed by atoms with Gasteiger partial charge in [0.2, 0.25) is 0 Å². The molecule has 98 valence electrons. The highest BCUT2D eigenvalue weighted by Gasteiger charge is 2.10. The number of hydrogen-bond acceptors (Lipinski definition) is 4. The van der Waals surface area contributed by atoms with Gasteiger partial charge in [-0.25, -0.2) is 4.98 Å². The summed E-state index contributed by atoms with van der Waals surface area (Å²) >= 11 is 3.22. The van der Waals surface area contributed by atoms with Crippen LogP contribution >= 0.6 is 15.9 Å². The van der Waals surface area contributed by atoms with Gasteiger partial charge in [0.05, 0.1) is 16.9 Å². The molecule has 2 rings (SSSR count). The number of aromatic amines is 1. The molecular formula is C12H10BrN3O3. The van der Waals surface area contributed by atoms with E-state index in [1.54, 1.807) is 19.1 Å². The van der Waals surface area contributed by atoms with E-state index in [4.69, 9.17) is 0 Å². The van der Waals surface area contributed by atoms with Crippen LogP contribution < -0.4 is 10.9 Å². The van der Waals surface area contributed by atoms with Crippen LogP contribution in [0, 0.1) is 6.92 Å². The molecule has 1 amide bonds. The molecule has 0 saturated carbocycles. The predicted octanol–water partition coefficient (Wildman–Crippen LogP) is 1.80. The number of nitrogens with one attached hydrogen (secondary N) is 2. The van der Waals surface area contributed by atoms with E-state index in [2.05, 4.69) is 31.2 Å². The highest BCUT2D eigenvalue weighted by molar-refractivity contribution is 9.10. The van der Waals surface area contributed by atoms with Crippen LogP contribution in [0.1, 0.15) is 16.1 Å². The third kappa shape index (κ3) is 3.19. The van der Waals surface area contributed by atoms with Crippen molar-refractivity contribution in [2.75, 3.05) is 5.32 Å². The predicted molar refractivity (Wildman–Crippen MR) is 73.4 cm³/mol. The van der Waals surface area contributed by atoms with Crippen LogP contribution in [0.2, 0.25) is 0 Å². The molecule has 0 aliphatic carbocycles. The molecule has 0 aliphatic heterocycles. The smallest absolute Gasteiger partial charge is 0.256 e. The summed E-state index contributed by atoms with van der Waals surface area (Å²) in [6.45, 7) is 1.75. The maximum absolute atomic E-state index is 11.9. The molecule has 3 N–H and O–H groups in total. The number of rotatable bonds is 2. The quantitative estimate of drug-likeness (QED) is 0.734. The number of aromatic hydroxyl groups is 1. The molecule has 0 aliphatic rings. The number of aromatic nitrogens is 2. The molecule has 0 saturated heterocycles. The number of carbonyl (C=O) groups excluding carboxylic acids is 1. The average Bonchev–Trinajstić information content (AvgIpc) is 2.31. The van der Waals surface area contributed by atoms with Gasteiger partial charge in [0.25, 0.3) is 11.5 Å². The summed E-state index contributed by atoms with van der Waals surface area (Å²) in [5.74, 6) is -0.850. The van der Waals surface area contributed by atoms with Gasteiger partial charge in [-0.3, -0.25) is 14.6 Å². The monoisotopic (exact) mass is 323 g/mol. The normalized spacial score (nSPS) is 10.2. The molecule has 0 aromatic carbocycles. The Balaban J connectivity index is 2.28. The first-order chi connectivity index (χ1) is 8.95. The molecule has 0 radical (unpaired) electrons. The molecule has 2 aromatic rings. The van der Waals surface area contributed by atoms with Gasteiger partial charge in [-0.15, -0.1) is 0 Å². The minimum atomic E-state index is -0.546. The Morgan fingerprint density at radius 1 is 1.42 bits per heavy atom. The molecule has 0 atom stereocenters. The van der Waals surface area contributed by atoms with Gasteiger partial charge in [0.15, 0.2) is 5.88 Å². The maximum atomic E-state index is 11.9. The van der Waals surface area contributed by atoms with E-state index in [9.17, 15) is 14.7 Å². The standard InChI is InChI=1S/C12H10BrN3O3/c1-6-8(2-3-9(13)14-6)15-12(19)7-4-10(17)16-11(18)5-7/h2-5H,1H3,(H,15,19)(H2,16,17,18). The van der Waals surface area contributed by atoms with Crippen LogP contribution in [0.5, 0.6) is 5.88 Å². The summed E-state index contributed by atoms with van der Waals surface area (Å²) in [6, 6.07) is 5.67. The second-order valence-electron chi connectivity index (χ2n) is 3.84. The van der Waals surface area contributed by atoms with Crippen LogP contribution in [0.4, 0.5) is 5.69 Å². The van der Waals surface area contributed by atoms with Gasteiger partial charge in [-0.1, -0.05) is 0 Å². The van der Waals surface area contributed by atoms with E-state index in [1.165, 1.54) is 6.07 Å². The Kier molecular flexibility index (Phi) is 3.66. The fourth-order valence-corrected chi connectivity index (χ4v) is 1.91. The SMILES string of the molecule is Cc1nc(Br)ccc1NC(=O)c1cc(O)[nH]c(=O)c1. The number of anilines is 1. The molecule has 0 unspecified atom stereocenters. The summed E-state index contributed by atoms with van der Waals surface area (Å²) in [4.78, 5) is 29.4. The summed E-state index contributed by atoms with van der Waals surface area (Å²) in [7, 11) is 0. The number of pyridine rings is 2. The first kappa shape index (κ1) is 13.3. The third-order valence-corrected chi connectivity index (χ3v) is 2.83. The summed E-state index contributed by atoms with van der Waals surface area (Å²) in [5.41, 5.74) is 0.698. The van der Waals surface area contributed by atoms with Gasteiger partial charge in [-0.05, 0) is 35.0 Å². The molecule has 2 aromatic heterocycles. The van der Waals surface area contributed by atoms with Crippen LogP contribution in [0.3, 0.4) is 0 Å². The van der Waals surface area contributed by atoms with Crippen LogP contribution in [-0.4, -0.2) is 21.0 Å². The number of hydrogen-bond donors (Lipinski definition) is 3. The highest BCUT2D eigenvalue weighted by atomic mass is 79.9. The maximum Gasteiger partial charge on any atom is 0.256 e. The zero-order chi connectivity index (χ0) is 14.0. The van der Waals surface area contributed by atoms with E-state index in [0.717, 1.165) is 6.07 Å². The molecule has 0 fully saturated rings. The Bertz CT molecular complexity index is 697. The van der Waals surface area contributed by atoms with E-state index >= 15 is 0 Å². The van der Waals surface area contributed by atoms with Crippen molar-refractivity contribution >= 4 is 27.5 Å². The summed E-state index contributed by atoms with van der Waals surface area (Å²) in [6.07, 6.45) is 0. The minimum absolute atomic E-state index is 0.0727. The molecule has 19 heavy (non-hydrogen) atoms. The van der Waals surface area contributed by atoms with Crippen molar-refractivity contribution in [1.82, 2.24) is 9.97 Å². The Labute approximate surface area is 116 Å². The minimum Gasteiger partial charge on any atom is -0.494 e. The molecule has 0 bridgehead atoms. The van der Waals surface area contributed by atoms with Crippen molar-refractivity contribution < 1.29 is 9.90 Å². The van der Waals surface area contributed by atoms with E-state index in [-0.39, 0.29) is 11.4 Å². The van der Waals surface area contributed by atoms with Crippen molar-refractivity contribution in [3.05, 3.63) is 50.5 Å². The number of nitrogens with zero attached hydrogens (tertiary/aromatic N) is 1. The highest BCUT2D eigenvalue weighted by Crippen LogP contribution is 2.17. The van der Waals surface area contributed by atoms with E-state index < -0.39 is 11.5 Å². The van der Waals surface area contributed by atoms with Crippen molar-refractivity contribution in [1.29, 1.82) is 0 Å². The lowest BCUT2D eigenvalue weighted by Gasteiger charge is -2.08. The molecule has 2 heterocycles. The lowest BCUT2D eigenvalue weighted by atomic mass is 10.2. The lowest BCUT2D eigenvalue weighted by Crippen LogP contribution is -2.16. The molecule has 6 nitrogen and oxygen atoms in total. The number of carbonyl (C=O) groups is 1. The van der Waals surface area contributed by atoms with Gasteiger partial charge >= 0.3 is 0 Å². The average molecular weight is 324 g/mol. The van der Waals surface area contributed by atoms with Crippen molar-refractivity contribution in [2.45, 2.75) is 6.92 Å². The van der Waals surface area contributed by atoms with Gasteiger partial charge in [0, 0.05) is 12.1 Å². The fourth-order valence-electron chi connectivity index (χ4n) is 1.52. The second kappa shape index (κ2) is 5.23. The van der Waals surface area contributed by atoms with Crippen LogP contribution in [0.25, 0.3) is 0 Å². The van der Waals surface area contributed by atoms with Gasteiger partial charge in [-0.2, -0.15) is 0 Å².